The summed E-state index contributed by atoms with van der Waals surface area (Å²) in [4.78, 5) is 11.3. The largest absolute Gasteiger partial charge is 0.295 e. The van der Waals surface area contributed by atoms with Crippen LogP contribution < -0.4 is 0 Å². The highest BCUT2D eigenvalue weighted by atomic mass is 16.1. The van der Waals surface area contributed by atoms with Crippen molar-refractivity contribution in [2.45, 2.75) is 39.0 Å². The quantitative estimate of drug-likeness (QED) is 0.586. The first kappa shape index (κ1) is 9.24. The maximum Gasteiger partial charge on any atom is 0.158 e. The summed E-state index contributed by atoms with van der Waals surface area (Å²) in [6.07, 6.45) is 11.1. The topological polar surface area (TPSA) is 17.1 Å². The molecule has 0 aromatic rings. The molecule has 12 heavy (non-hydrogen) atoms. The molecule has 0 aromatic carbocycles. The van der Waals surface area contributed by atoms with Gasteiger partial charge in [-0.25, -0.2) is 0 Å². The summed E-state index contributed by atoms with van der Waals surface area (Å²) in [5, 5.41) is 0. The van der Waals surface area contributed by atoms with Crippen molar-refractivity contribution in [2.24, 2.45) is 0 Å². The van der Waals surface area contributed by atoms with Gasteiger partial charge in [0.2, 0.25) is 0 Å². The predicted molar refractivity (Wildman–Crippen MR) is 51.0 cm³/mol. The van der Waals surface area contributed by atoms with Crippen molar-refractivity contribution in [2.75, 3.05) is 0 Å². The Balaban J connectivity index is 2.44. The van der Waals surface area contributed by atoms with Crippen molar-refractivity contribution in [3.05, 3.63) is 23.8 Å². The van der Waals surface area contributed by atoms with Gasteiger partial charge in [-0.15, -0.1) is 0 Å². The highest BCUT2D eigenvalue weighted by Gasteiger charge is 2.10. The fraction of sp³-hybridized carbons (Fsp3) is 0.545. The van der Waals surface area contributed by atoms with Crippen LogP contribution in [0.4, 0.5) is 0 Å². The molecule has 0 saturated heterocycles. The van der Waals surface area contributed by atoms with Crippen LogP contribution in [0.15, 0.2) is 23.8 Å². The highest BCUT2D eigenvalue weighted by Crippen LogP contribution is 2.17. The number of hydrogen-bond donors (Lipinski definition) is 0. The van der Waals surface area contributed by atoms with Gasteiger partial charge >= 0.3 is 0 Å². The first-order chi connectivity index (χ1) is 5.84. The van der Waals surface area contributed by atoms with Crippen LogP contribution in [0.2, 0.25) is 0 Å². The summed E-state index contributed by atoms with van der Waals surface area (Å²) < 4.78 is 0. The molecule has 0 unspecified atom stereocenters. The summed E-state index contributed by atoms with van der Waals surface area (Å²) in [5.41, 5.74) is 1.02. The molecule has 1 heteroatoms. The third-order valence-corrected chi connectivity index (χ3v) is 2.10. The van der Waals surface area contributed by atoms with E-state index < -0.39 is 0 Å². The summed E-state index contributed by atoms with van der Waals surface area (Å²) >= 11 is 0. The average Bonchev–Trinajstić information content (AvgIpc) is 2.09. The molecule has 0 aliphatic heterocycles. The Morgan fingerprint density at radius 3 is 3.00 bits per heavy atom. The van der Waals surface area contributed by atoms with E-state index in [2.05, 4.69) is 25.2 Å². The van der Waals surface area contributed by atoms with E-state index in [0.717, 1.165) is 37.7 Å². The van der Waals surface area contributed by atoms with Crippen LogP contribution in [-0.2, 0) is 4.79 Å². The van der Waals surface area contributed by atoms with Crippen molar-refractivity contribution in [1.82, 2.24) is 0 Å². The SMILES string of the molecule is CC/C=C\CC1=CCCCC1=O. The van der Waals surface area contributed by atoms with E-state index in [1.54, 1.807) is 0 Å². The molecule has 0 N–H and O–H groups in total. The van der Waals surface area contributed by atoms with Crippen molar-refractivity contribution in [3.8, 4) is 0 Å². The number of ketones is 1. The van der Waals surface area contributed by atoms with E-state index >= 15 is 0 Å². The van der Waals surface area contributed by atoms with Gasteiger partial charge in [0, 0.05) is 6.42 Å². The molecule has 66 valence electrons. The number of allylic oxidation sites excluding steroid dienone is 4. The maximum absolute atomic E-state index is 11.3. The van der Waals surface area contributed by atoms with Gasteiger partial charge in [0.05, 0.1) is 0 Å². The maximum atomic E-state index is 11.3. The summed E-state index contributed by atoms with van der Waals surface area (Å²) in [6, 6.07) is 0. The molecule has 0 atom stereocenters. The van der Waals surface area contributed by atoms with E-state index in [9.17, 15) is 4.79 Å². The molecule has 0 saturated carbocycles. The lowest BCUT2D eigenvalue weighted by Gasteiger charge is -2.08. The molecule has 0 amide bonds. The Hall–Kier alpha value is -0.850. The third kappa shape index (κ3) is 2.65. The summed E-state index contributed by atoms with van der Waals surface area (Å²) in [5.74, 6) is 0.349. The van der Waals surface area contributed by atoms with Gasteiger partial charge in [0.15, 0.2) is 5.78 Å². The summed E-state index contributed by atoms with van der Waals surface area (Å²) in [7, 11) is 0. The average molecular weight is 164 g/mol. The van der Waals surface area contributed by atoms with Gasteiger partial charge in [0.1, 0.15) is 0 Å². The van der Waals surface area contributed by atoms with Gasteiger partial charge in [-0.2, -0.15) is 0 Å². The van der Waals surface area contributed by atoms with Crippen LogP contribution in [0, 0.1) is 0 Å². The van der Waals surface area contributed by atoms with Crippen LogP contribution in [-0.4, -0.2) is 5.78 Å². The molecular weight excluding hydrogens is 148 g/mol. The molecule has 1 rings (SSSR count). The van der Waals surface area contributed by atoms with E-state index in [0.29, 0.717) is 5.78 Å². The standard InChI is InChI=1S/C11H16O/c1-2-3-4-7-10-8-5-6-9-11(10)12/h3-4,8H,2,5-7,9H2,1H3/b4-3-. The lowest BCUT2D eigenvalue weighted by atomic mass is 9.96. The molecule has 0 fully saturated rings. The molecule has 0 spiro atoms. The van der Waals surface area contributed by atoms with Gasteiger partial charge in [-0.3, -0.25) is 4.79 Å². The molecule has 1 nitrogen and oxygen atoms in total. The fourth-order valence-electron chi connectivity index (χ4n) is 1.39. The van der Waals surface area contributed by atoms with Crippen molar-refractivity contribution >= 4 is 5.78 Å². The molecule has 0 heterocycles. The predicted octanol–water partition coefficient (Wildman–Crippen LogP) is 3.02. The van der Waals surface area contributed by atoms with Gasteiger partial charge in [-0.1, -0.05) is 25.2 Å². The van der Waals surface area contributed by atoms with Crippen LogP contribution in [0.5, 0.6) is 0 Å². The minimum Gasteiger partial charge on any atom is -0.295 e. The van der Waals surface area contributed by atoms with E-state index in [1.807, 2.05) is 0 Å². The van der Waals surface area contributed by atoms with Crippen molar-refractivity contribution < 1.29 is 4.79 Å². The fourth-order valence-corrected chi connectivity index (χ4v) is 1.39. The Morgan fingerprint density at radius 2 is 2.33 bits per heavy atom. The lowest BCUT2D eigenvalue weighted by Crippen LogP contribution is -2.05. The zero-order valence-corrected chi connectivity index (χ0v) is 7.68. The van der Waals surface area contributed by atoms with Gasteiger partial charge in [0.25, 0.3) is 0 Å². The van der Waals surface area contributed by atoms with Crippen molar-refractivity contribution in [3.63, 3.8) is 0 Å². The minimum absolute atomic E-state index is 0.349. The second-order valence-electron chi connectivity index (χ2n) is 3.13. The Kier molecular flexibility index (Phi) is 3.78. The number of Topliss-reactive ketones (excluding diaryl/α,β-unsaturated/α-hetero) is 1. The molecule has 0 radical (unpaired) electrons. The third-order valence-electron chi connectivity index (χ3n) is 2.10. The number of rotatable bonds is 3. The first-order valence-corrected chi connectivity index (χ1v) is 4.72. The Labute approximate surface area is 74.2 Å². The molecule has 1 aliphatic carbocycles. The first-order valence-electron chi connectivity index (χ1n) is 4.72. The minimum atomic E-state index is 0.349. The molecule has 1 aliphatic rings. The number of carbonyl (C=O) groups is 1. The summed E-state index contributed by atoms with van der Waals surface area (Å²) in [6.45, 7) is 2.10. The second kappa shape index (κ2) is 4.91. The Bertz CT molecular complexity index is 211. The van der Waals surface area contributed by atoms with Crippen LogP contribution in [0.3, 0.4) is 0 Å². The van der Waals surface area contributed by atoms with Crippen LogP contribution in [0.25, 0.3) is 0 Å². The van der Waals surface area contributed by atoms with Crippen LogP contribution in [0.1, 0.15) is 39.0 Å². The van der Waals surface area contributed by atoms with E-state index in [1.165, 1.54) is 0 Å². The smallest absolute Gasteiger partial charge is 0.158 e. The zero-order chi connectivity index (χ0) is 8.81. The zero-order valence-electron chi connectivity index (χ0n) is 7.68. The normalized spacial score (nSPS) is 18.4. The highest BCUT2D eigenvalue weighted by molar-refractivity contribution is 5.96. The van der Waals surface area contributed by atoms with Gasteiger partial charge < -0.3 is 0 Å². The number of hydrogen-bond acceptors (Lipinski definition) is 1. The second-order valence-corrected chi connectivity index (χ2v) is 3.13. The van der Waals surface area contributed by atoms with Crippen LogP contribution >= 0.6 is 0 Å². The Morgan fingerprint density at radius 1 is 1.50 bits per heavy atom. The molecular formula is C11H16O. The van der Waals surface area contributed by atoms with Gasteiger partial charge in [-0.05, 0) is 31.3 Å². The molecule has 0 aromatic heterocycles. The number of carbonyl (C=O) groups excluding carboxylic acids is 1. The van der Waals surface area contributed by atoms with Crippen molar-refractivity contribution in [1.29, 1.82) is 0 Å². The lowest BCUT2D eigenvalue weighted by molar-refractivity contribution is -0.116. The molecule has 0 bridgehead atoms. The van der Waals surface area contributed by atoms with E-state index in [-0.39, 0.29) is 0 Å². The van der Waals surface area contributed by atoms with E-state index in [4.69, 9.17) is 0 Å². The monoisotopic (exact) mass is 164 g/mol.